The van der Waals surface area contributed by atoms with Crippen LogP contribution in [0.25, 0.3) is 0 Å². The maximum Gasteiger partial charge on any atom is 0.315 e. The van der Waals surface area contributed by atoms with Crippen LogP contribution in [0, 0.1) is 0 Å². The van der Waals surface area contributed by atoms with E-state index in [1.54, 1.807) is 7.11 Å². The number of carbonyl (C=O) groups excluding carboxylic acids is 1. The van der Waals surface area contributed by atoms with Crippen molar-refractivity contribution in [3.05, 3.63) is 29.3 Å². The van der Waals surface area contributed by atoms with Gasteiger partial charge in [-0.15, -0.1) is 0 Å². The van der Waals surface area contributed by atoms with Crippen LogP contribution in [0.1, 0.15) is 43.4 Å². The first-order valence-electron chi connectivity index (χ1n) is 7.53. The Bertz CT molecular complexity index is 490. The SMILES string of the molecule is CCC(CCO)NC(=O)NC1CCc2c(OC)cccc21. The number of methoxy groups -OCH3 is 1. The van der Waals surface area contributed by atoms with Crippen molar-refractivity contribution in [1.29, 1.82) is 0 Å². The summed E-state index contributed by atoms with van der Waals surface area (Å²) >= 11 is 0. The van der Waals surface area contributed by atoms with Gasteiger partial charge in [0.1, 0.15) is 5.75 Å². The number of hydrogen-bond donors (Lipinski definition) is 3. The first-order valence-corrected chi connectivity index (χ1v) is 7.53. The molecule has 5 nitrogen and oxygen atoms in total. The van der Waals surface area contributed by atoms with E-state index in [9.17, 15) is 4.79 Å². The van der Waals surface area contributed by atoms with Crippen molar-refractivity contribution < 1.29 is 14.6 Å². The molecular weight excluding hydrogens is 268 g/mol. The van der Waals surface area contributed by atoms with Gasteiger partial charge in [0.15, 0.2) is 0 Å². The van der Waals surface area contributed by atoms with Crippen LogP contribution in [-0.2, 0) is 6.42 Å². The van der Waals surface area contributed by atoms with Crippen LogP contribution in [0.15, 0.2) is 18.2 Å². The van der Waals surface area contributed by atoms with E-state index in [1.165, 1.54) is 5.56 Å². The van der Waals surface area contributed by atoms with Crippen molar-refractivity contribution in [1.82, 2.24) is 10.6 Å². The molecule has 0 bridgehead atoms. The predicted octanol–water partition coefficient (Wildman–Crippen LogP) is 2.14. The summed E-state index contributed by atoms with van der Waals surface area (Å²) in [6, 6.07) is 5.83. The average Bonchev–Trinajstić information content (AvgIpc) is 2.89. The maximum atomic E-state index is 12.1. The summed E-state index contributed by atoms with van der Waals surface area (Å²) in [5.74, 6) is 0.893. The molecule has 0 radical (unpaired) electrons. The number of ether oxygens (including phenoxy) is 1. The van der Waals surface area contributed by atoms with Crippen LogP contribution in [0.5, 0.6) is 5.75 Å². The van der Waals surface area contributed by atoms with Crippen molar-refractivity contribution in [3.63, 3.8) is 0 Å². The van der Waals surface area contributed by atoms with E-state index in [0.29, 0.717) is 6.42 Å². The Labute approximate surface area is 125 Å². The Hall–Kier alpha value is -1.75. The van der Waals surface area contributed by atoms with Gasteiger partial charge >= 0.3 is 6.03 Å². The number of hydrogen-bond acceptors (Lipinski definition) is 3. The van der Waals surface area contributed by atoms with Crippen molar-refractivity contribution >= 4 is 6.03 Å². The number of amides is 2. The fourth-order valence-corrected chi connectivity index (χ4v) is 2.88. The molecule has 1 aliphatic rings. The molecule has 2 unspecified atom stereocenters. The van der Waals surface area contributed by atoms with E-state index in [0.717, 1.165) is 30.6 Å². The highest BCUT2D eigenvalue weighted by Crippen LogP contribution is 2.36. The third kappa shape index (κ3) is 3.67. The molecular formula is C16H24N2O3. The lowest BCUT2D eigenvalue weighted by molar-refractivity contribution is 0.224. The fourth-order valence-electron chi connectivity index (χ4n) is 2.88. The number of nitrogens with one attached hydrogen (secondary N) is 2. The first-order chi connectivity index (χ1) is 10.2. The zero-order valence-electron chi connectivity index (χ0n) is 12.7. The molecule has 1 aromatic rings. The number of rotatable bonds is 6. The number of fused-ring (bicyclic) bond motifs is 1. The molecule has 2 amide bonds. The summed E-state index contributed by atoms with van der Waals surface area (Å²) in [6.45, 7) is 2.08. The molecule has 2 rings (SSSR count). The van der Waals surface area contributed by atoms with Crippen LogP contribution in [0.4, 0.5) is 4.79 Å². The lowest BCUT2D eigenvalue weighted by atomic mass is 10.1. The maximum absolute atomic E-state index is 12.1. The van der Waals surface area contributed by atoms with Crippen LogP contribution in [0.3, 0.4) is 0 Å². The zero-order chi connectivity index (χ0) is 15.2. The van der Waals surface area contributed by atoms with Gasteiger partial charge in [0, 0.05) is 12.6 Å². The van der Waals surface area contributed by atoms with Gasteiger partial charge in [-0.25, -0.2) is 4.79 Å². The summed E-state index contributed by atoms with van der Waals surface area (Å²) in [4.78, 5) is 12.1. The lowest BCUT2D eigenvalue weighted by Gasteiger charge is -2.19. The topological polar surface area (TPSA) is 70.6 Å². The summed E-state index contributed by atoms with van der Waals surface area (Å²) in [5.41, 5.74) is 2.33. The van der Waals surface area contributed by atoms with Crippen LogP contribution in [-0.4, -0.2) is 30.9 Å². The third-order valence-corrected chi connectivity index (χ3v) is 4.06. The molecule has 116 valence electrons. The fraction of sp³-hybridized carbons (Fsp3) is 0.562. The van der Waals surface area contributed by atoms with E-state index in [2.05, 4.69) is 10.6 Å². The molecule has 0 fully saturated rings. The quantitative estimate of drug-likeness (QED) is 0.752. The molecule has 3 N–H and O–H groups in total. The van der Waals surface area contributed by atoms with Gasteiger partial charge in [-0.2, -0.15) is 0 Å². The molecule has 5 heteroatoms. The molecule has 1 aromatic carbocycles. The second-order valence-corrected chi connectivity index (χ2v) is 5.35. The number of benzene rings is 1. The van der Waals surface area contributed by atoms with Gasteiger partial charge in [-0.1, -0.05) is 19.1 Å². The van der Waals surface area contributed by atoms with Gasteiger partial charge in [0.25, 0.3) is 0 Å². The molecule has 0 aromatic heterocycles. The van der Waals surface area contributed by atoms with E-state index in [-0.39, 0.29) is 24.7 Å². The Morgan fingerprint density at radius 3 is 3.00 bits per heavy atom. The standard InChI is InChI=1S/C16H24N2O3/c1-3-11(9-10-19)17-16(20)18-14-8-7-13-12(14)5-4-6-15(13)21-2/h4-6,11,14,19H,3,7-10H2,1-2H3,(H2,17,18,20). The highest BCUT2D eigenvalue weighted by molar-refractivity contribution is 5.75. The summed E-state index contributed by atoms with van der Waals surface area (Å²) in [7, 11) is 1.67. The second-order valence-electron chi connectivity index (χ2n) is 5.35. The Morgan fingerprint density at radius 1 is 1.52 bits per heavy atom. The monoisotopic (exact) mass is 292 g/mol. The average molecular weight is 292 g/mol. The third-order valence-electron chi connectivity index (χ3n) is 4.06. The minimum atomic E-state index is -0.170. The first kappa shape index (κ1) is 15.6. The molecule has 0 heterocycles. The number of aliphatic hydroxyl groups excluding tert-OH is 1. The van der Waals surface area contributed by atoms with Crippen molar-refractivity contribution in [3.8, 4) is 5.75 Å². The molecule has 2 atom stereocenters. The highest BCUT2D eigenvalue weighted by atomic mass is 16.5. The summed E-state index contributed by atoms with van der Waals surface area (Å²) < 4.78 is 5.37. The molecule has 0 spiro atoms. The van der Waals surface area contributed by atoms with Gasteiger partial charge in [0.05, 0.1) is 13.2 Å². The van der Waals surface area contributed by atoms with E-state index in [1.807, 2.05) is 25.1 Å². The second kappa shape index (κ2) is 7.31. The normalized spacial score (nSPS) is 18.0. The van der Waals surface area contributed by atoms with E-state index in [4.69, 9.17) is 9.84 Å². The molecule has 1 aliphatic carbocycles. The van der Waals surface area contributed by atoms with Crippen LogP contribution < -0.4 is 15.4 Å². The number of urea groups is 1. The van der Waals surface area contributed by atoms with Gasteiger partial charge in [-0.3, -0.25) is 0 Å². The summed E-state index contributed by atoms with van der Waals surface area (Å²) in [6.07, 6.45) is 3.19. The molecule has 0 saturated heterocycles. The lowest BCUT2D eigenvalue weighted by Crippen LogP contribution is -2.43. The number of aliphatic hydroxyl groups is 1. The van der Waals surface area contributed by atoms with Gasteiger partial charge in [0.2, 0.25) is 0 Å². The van der Waals surface area contributed by atoms with Crippen molar-refractivity contribution in [2.24, 2.45) is 0 Å². The Morgan fingerprint density at radius 2 is 2.33 bits per heavy atom. The zero-order valence-corrected chi connectivity index (χ0v) is 12.7. The van der Waals surface area contributed by atoms with Gasteiger partial charge < -0.3 is 20.5 Å². The summed E-state index contributed by atoms with van der Waals surface area (Å²) in [5, 5.41) is 14.9. The number of carbonyl (C=O) groups is 1. The van der Waals surface area contributed by atoms with E-state index >= 15 is 0 Å². The largest absolute Gasteiger partial charge is 0.496 e. The van der Waals surface area contributed by atoms with Crippen LogP contribution in [0.2, 0.25) is 0 Å². The predicted molar refractivity (Wildman–Crippen MR) is 81.5 cm³/mol. The van der Waals surface area contributed by atoms with Gasteiger partial charge in [-0.05, 0) is 42.9 Å². The Kier molecular flexibility index (Phi) is 5.44. The molecule has 0 saturated carbocycles. The van der Waals surface area contributed by atoms with Crippen LogP contribution >= 0.6 is 0 Å². The minimum Gasteiger partial charge on any atom is -0.496 e. The Balaban J connectivity index is 1.98. The van der Waals surface area contributed by atoms with E-state index < -0.39 is 0 Å². The minimum absolute atomic E-state index is 0.0150. The van der Waals surface area contributed by atoms with Crippen molar-refractivity contribution in [2.75, 3.05) is 13.7 Å². The molecule has 0 aliphatic heterocycles. The smallest absolute Gasteiger partial charge is 0.315 e. The molecule has 21 heavy (non-hydrogen) atoms. The van der Waals surface area contributed by atoms with Crippen molar-refractivity contribution in [2.45, 2.75) is 44.7 Å². The highest BCUT2D eigenvalue weighted by Gasteiger charge is 2.26.